The Bertz CT molecular complexity index is 567. The molecule has 23 heavy (non-hydrogen) atoms. The molecular formula is C18H24N2O2S. The summed E-state index contributed by atoms with van der Waals surface area (Å²) in [5, 5.41) is 0.176. The summed E-state index contributed by atoms with van der Waals surface area (Å²) in [7, 11) is 0. The van der Waals surface area contributed by atoms with E-state index in [0.29, 0.717) is 13.0 Å². The van der Waals surface area contributed by atoms with Crippen LogP contribution in [0.2, 0.25) is 0 Å². The molecule has 1 atom stereocenters. The summed E-state index contributed by atoms with van der Waals surface area (Å²) in [4.78, 5) is 27.7. The van der Waals surface area contributed by atoms with E-state index in [-0.39, 0.29) is 16.3 Å². The van der Waals surface area contributed by atoms with Crippen molar-refractivity contribution in [2.24, 2.45) is 0 Å². The third-order valence-electron chi connectivity index (χ3n) is 4.53. The molecule has 1 aromatic carbocycles. The number of hydrogen-bond acceptors (Lipinski definition) is 4. The quantitative estimate of drug-likeness (QED) is 0.850. The van der Waals surface area contributed by atoms with Gasteiger partial charge in [-0.2, -0.15) is 0 Å². The summed E-state index contributed by atoms with van der Waals surface area (Å²) in [5.41, 5.74) is 2.25. The Hall–Kier alpha value is -1.33. The van der Waals surface area contributed by atoms with Gasteiger partial charge in [-0.3, -0.25) is 14.5 Å². The molecule has 0 saturated carbocycles. The molecule has 0 bridgehead atoms. The highest BCUT2D eigenvalue weighted by Crippen LogP contribution is 2.29. The van der Waals surface area contributed by atoms with Gasteiger partial charge in [-0.25, -0.2) is 0 Å². The lowest BCUT2D eigenvalue weighted by Gasteiger charge is -2.26. The van der Waals surface area contributed by atoms with Crippen molar-refractivity contribution in [3.63, 3.8) is 0 Å². The predicted molar refractivity (Wildman–Crippen MR) is 94.6 cm³/mol. The van der Waals surface area contributed by atoms with E-state index in [1.807, 2.05) is 17.0 Å². The zero-order valence-electron chi connectivity index (χ0n) is 13.7. The molecule has 1 aromatic rings. The molecule has 0 spiro atoms. The average Bonchev–Trinajstić information content (AvgIpc) is 2.89. The third kappa shape index (κ3) is 4.36. The van der Waals surface area contributed by atoms with Gasteiger partial charge >= 0.3 is 0 Å². The maximum atomic E-state index is 12.2. The van der Waals surface area contributed by atoms with Crippen LogP contribution < -0.4 is 4.90 Å². The highest BCUT2D eigenvalue weighted by atomic mass is 32.2. The second-order valence-electron chi connectivity index (χ2n) is 6.44. The minimum absolute atomic E-state index is 0.0847. The van der Waals surface area contributed by atoms with Crippen LogP contribution in [0.4, 0.5) is 5.69 Å². The van der Waals surface area contributed by atoms with Crippen LogP contribution in [0.3, 0.4) is 0 Å². The minimum atomic E-state index is 0.0847. The molecule has 0 radical (unpaired) electrons. The number of piperidine rings is 1. The van der Waals surface area contributed by atoms with Gasteiger partial charge in [-0.05, 0) is 43.6 Å². The normalized spacial score (nSPS) is 22.6. The second kappa shape index (κ2) is 7.49. The minimum Gasteiger partial charge on any atom is -0.311 e. The van der Waals surface area contributed by atoms with E-state index in [1.165, 1.54) is 49.7 Å². The first kappa shape index (κ1) is 16.5. The molecule has 2 aliphatic heterocycles. The van der Waals surface area contributed by atoms with Gasteiger partial charge in [-0.15, -0.1) is 0 Å². The number of thioether (sulfide) groups is 1. The first-order valence-electron chi connectivity index (χ1n) is 8.41. The Kier molecular flexibility index (Phi) is 5.38. The maximum absolute atomic E-state index is 12.2. The lowest BCUT2D eigenvalue weighted by atomic mass is 10.1. The van der Waals surface area contributed by atoms with Crippen molar-refractivity contribution in [1.82, 2.24) is 4.90 Å². The highest BCUT2D eigenvalue weighted by molar-refractivity contribution is 8.14. The fourth-order valence-electron chi connectivity index (χ4n) is 3.40. The topological polar surface area (TPSA) is 40.6 Å². The molecule has 1 unspecified atom stereocenters. The number of anilines is 1. The van der Waals surface area contributed by atoms with Gasteiger partial charge in [0.2, 0.25) is 5.91 Å². The summed E-state index contributed by atoms with van der Waals surface area (Å²) < 4.78 is 0. The Balaban J connectivity index is 1.60. The molecule has 0 N–H and O–H groups in total. The summed E-state index contributed by atoms with van der Waals surface area (Å²) in [5.74, 6) is 0.118. The van der Waals surface area contributed by atoms with Crippen LogP contribution >= 0.6 is 11.8 Å². The summed E-state index contributed by atoms with van der Waals surface area (Å²) in [6.45, 7) is 5.57. The lowest BCUT2D eigenvalue weighted by molar-refractivity contribution is -0.117. The van der Waals surface area contributed by atoms with Gasteiger partial charge in [0.1, 0.15) is 0 Å². The van der Waals surface area contributed by atoms with E-state index in [9.17, 15) is 9.59 Å². The number of nitrogens with zero attached hydrogens (tertiary/aromatic N) is 2. The molecular weight excluding hydrogens is 308 g/mol. The average molecular weight is 332 g/mol. The Morgan fingerprint density at radius 3 is 2.52 bits per heavy atom. The number of hydrogen-bond donors (Lipinski definition) is 0. The predicted octanol–water partition coefficient (Wildman–Crippen LogP) is 3.06. The molecule has 1 amide bonds. The molecule has 124 valence electrons. The third-order valence-corrected chi connectivity index (χ3v) is 5.51. The van der Waals surface area contributed by atoms with E-state index in [1.54, 1.807) is 6.92 Å². The van der Waals surface area contributed by atoms with Gasteiger partial charge < -0.3 is 4.90 Å². The maximum Gasteiger partial charge on any atom is 0.228 e. The van der Waals surface area contributed by atoms with Crippen molar-refractivity contribution in [2.45, 2.75) is 44.4 Å². The molecule has 2 aliphatic rings. The van der Waals surface area contributed by atoms with E-state index in [0.717, 1.165) is 12.2 Å². The van der Waals surface area contributed by atoms with Crippen LogP contribution in [-0.4, -0.2) is 40.8 Å². The summed E-state index contributed by atoms with van der Waals surface area (Å²) in [6.07, 6.45) is 4.41. The molecule has 3 rings (SSSR count). The van der Waals surface area contributed by atoms with E-state index in [4.69, 9.17) is 0 Å². The van der Waals surface area contributed by atoms with Gasteiger partial charge in [0.05, 0.1) is 0 Å². The van der Waals surface area contributed by atoms with Crippen LogP contribution in [0, 0.1) is 0 Å². The van der Waals surface area contributed by atoms with E-state index < -0.39 is 0 Å². The van der Waals surface area contributed by atoms with Crippen molar-refractivity contribution in [1.29, 1.82) is 0 Å². The van der Waals surface area contributed by atoms with Gasteiger partial charge in [0.25, 0.3) is 0 Å². The van der Waals surface area contributed by atoms with E-state index in [2.05, 4.69) is 17.0 Å². The van der Waals surface area contributed by atoms with Gasteiger partial charge in [0.15, 0.2) is 5.12 Å². The Morgan fingerprint density at radius 1 is 1.17 bits per heavy atom. The van der Waals surface area contributed by atoms with Crippen molar-refractivity contribution < 1.29 is 9.59 Å². The van der Waals surface area contributed by atoms with Gasteiger partial charge in [-0.1, -0.05) is 30.3 Å². The van der Waals surface area contributed by atoms with Crippen molar-refractivity contribution in [2.75, 3.05) is 24.5 Å². The lowest BCUT2D eigenvalue weighted by Crippen LogP contribution is -2.29. The number of benzene rings is 1. The molecule has 0 aliphatic carbocycles. The van der Waals surface area contributed by atoms with Gasteiger partial charge in [0, 0.05) is 37.4 Å². The fourth-order valence-corrected chi connectivity index (χ4v) is 4.31. The molecule has 2 saturated heterocycles. The number of carbonyl (C=O) groups excluding carboxylic acids is 2. The highest BCUT2D eigenvalue weighted by Gasteiger charge is 2.31. The van der Waals surface area contributed by atoms with Crippen LogP contribution in [0.5, 0.6) is 0 Å². The molecule has 0 aromatic heterocycles. The smallest absolute Gasteiger partial charge is 0.228 e. The number of likely N-dealkylation sites (tertiary alicyclic amines) is 1. The largest absolute Gasteiger partial charge is 0.311 e. The van der Waals surface area contributed by atoms with Crippen LogP contribution in [0.25, 0.3) is 0 Å². The zero-order valence-corrected chi connectivity index (χ0v) is 14.5. The molecule has 4 nitrogen and oxygen atoms in total. The zero-order chi connectivity index (χ0) is 16.2. The Labute approximate surface area is 142 Å². The van der Waals surface area contributed by atoms with Crippen molar-refractivity contribution in [3.05, 3.63) is 29.8 Å². The number of amides is 1. The van der Waals surface area contributed by atoms with E-state index >= 15 is 0 Å². The standard InChI is InChI=1S/C18H24N2O2S/c1-14(21)23-17-11-18(22)20(13-17)16-7-5-15(6-8-16)12-19-9-3-2-4-10-19/h5-8,17H,2-4,9-13H2,1H3. The molecule has 5 heteroatoms. The van der Waals surface area contributed by atoms with Crippen molar-refractivity contribution >= 4 is 28.5 Å². The van der Waals surface area contributed by atoms with Crippen LogP contribution in [0.15, 0.2) is 24.3 Å². The van der Waals surface area contributed by atoms with Crippen molar-refractivity contribution in [3.8, 4) is 0 Å². The van der Waals surface area contributed by atoms with Crippen LogP contribution in [-0.2, 0) is 16.1 Å². The first-order chi connectivity index (χ1) is 11.1. The molecule has 2 fully saturated rings. The fraction of sp³-hybridized carbons (Fsp3) is 0.556. The monoisotopic (exact) mass is 332 g/mol. The SMILES string of the molecule is CC(=O)SC1CC(=O)N(c2ccc(CN3CCCCC3)cc2)C1. The Morgan fingerprint density at radius 2 is 1.87 bits per heavy atom. The van der Waals surface area contributed by atoms with Crippen LogP contribution in [0.1, 0.15) is 38.2 Å². The first-order valence-corrected chi connectivity index (χ1v) is 9.28. The second-order valence-corrected chi connectivity index (χ2v) is 7.92. The number of rotatable bonds is 4. The summed E-state index contributed by atoms with van der Waals surface area (Å²) >= 11 is 1.28. The molecule has 2 heterocycles. The summed E-state index contributed by atoms with van der Waals surface area (Å²) in [6, 6.07) is 8.33. The number of carbonyl (C=O) groups is 2.